The second-order valence-corrected chi connectivity index (χ2v) is 9.72. The summed E-state index contributed by atoms with van der Waals surface area (Å²) in [6.45, 7) is 6.72. The van der Waals surface area contributed by atoms with E-state index in [-0.39, 0.29) is 24.0 Å². The van der Waals surface area contributed by atoms with Gasteiger partial charge in [-0.15, -0.1) is 12.4 Å². The zero-order valence-electron chi connectivity index (χ0n) is 19.3. The van der Waals surface area contributed by atoms with Crippen LogP contribution in [0.4, 0.5) is 5.13 Å². The third-order valence-corrected chi connectivity index (χ3v) is 7.11. The fraction of sp³-hybridized carbons (Fsp3) is 0.320. The van der Waals surface area contributed by atoms with E-state index in [1.807, 2.05) is 49.4 Å². The number of fused-ring (bicyclic) bond motifs is 1. The first-order valence-electron chi connectivity index (χ1n) is 11.3. The summed E-state index contributed by atoms with van der Waals surface area (Å²) in [6, 6.07) is 15.1. The molecule has 1 fully saturated rings. The number of amides is 1. The average Bonchev–Trinajstić information content (AvgIpc) is 3.51. The SMILES string of the molecule is Cc1cc(Cl)cc2sc(N(CCCN3CCOCC3)C(=O)c3cc(-c4ccccc4)on3)nc12.Cl. The quantitative estimate of drug-likeness (QED) is 0.303. The number of carbonyl (C=O) groups excluding carboxylic acids is 1. The van der Waals surface area contributed by atoms with Gasteiger partial charge in [0.15, 0.2) is 16.6 Å². The number of anilines is 1. The van der Waals surface area contributed by atoms with Gasteiger partial charge < -0.3 is 9.26 Å². The van der Waals surface area contributed by atoms with E-state index in [0.717, 1.165) is 60.6 Å². The lowest BCUT2D eigenvalue weighted by molar-refractivity contribution is 0.0376. The van der Waals surface area contributed by atoms with E-state index in [9.17, 15) is 4.79 Å². The van der Waals surface area contributed by atoms with Gasteiger partial charge in [-0.25, -0.2) is 4.98 Å². The molecule has 0 unspecified atom stereocenters. The third kappa shape index (κ3) is 5.85. The van der Waals surface area contributed by atoms with Crippen molar-refractivity contribution < 1.29 is 14.1 Å². The predicted octanol–water partition coefficient (Wildman–Crippen LogP) is 5.70. The Hall–Kier alpha value is -2.49. The lowest BCUT2D eigenvalue weighted by Crippen LogP contribution is -2.39. The standard InChI is InChI=1S/C25H25ClN4O3S.ClH/c1-17-14-19(26)15-22-23(17)27-25(34-22)30(9-5-8-29-10-12-32-13-11-29)24(31)20-16-21(33-28-20)18-6-3-2-4-7-18;/h2-4,6-7,14-16H,5,8-13H2,1H3;1H. The molecule has 0 saturated carbocycles. The Bertz CT molecular complexity index is 1290. The Balaban J connectivity index is 0.00000289. The molecule has 1 aliphatic heterocycles. The van der Waals surface area contributed by atoms with Crippen molar-refractivity contribution in [2.24, 2.45) is 0 Å². The maximum atomic E-state index is 13.6. The van der Waals surface area contributed by atoms with Crippen molar-refractivity contribution in [3.05, 3.63) is 64.8 Å². The first-order valence-corrected chi connectivity index (χ1v) is 12.5. The van der Waals surface area contributed by atoms with Crippen LogP contribution in [-0.4, -0.2) is 60.3 Å². The monoisotopic (exact) mass is 532 g/mol. The van der Waals surface area contributed by atoms with Crippen LogP contribution in [0.1, 0.15) is 22.5 Å². The topological polar surface area (TPSA) is 71.7 Å². The Labute approximate surface area is 219 Å². The Kier molecular flexibility index (Phi) is 8.41. The van der Waals surface area contributed by atoms with E-state index < -0.39 is 0 Å². The fourth-order valence-corrected chi connectivity index (χ4v) is 5.52. The van der Waals surface area contributed by atoms with Gasteiger partial charge in [0.1, 0.15) is 0 Å². The minimum Gasteiger partial charge on any atom is -0.379 e. The number of hydrogen-bond acceptors (Lipinski definition) is 7. The van der Waals surface area contributed by atoms with Crippen molar-refractivity contribution in [1.29, 1.82) is 0 Å². The van der Waals surface area contributed by atoms with Gasteiger partial charge >= 0.3 is 0 Å². The fourth-order valence-electron chi connectivity index (χ4n) is 4.07. The van der Waals surface area contributed by atoms with E-state index in [2.05, 4.69) is 10.1 Å². The molecule has 2 aromatic heterocycles. The molecule has 35 heavy (non-hydrogen) atoms. The van der Waals surface area contributed by atoms with Crippen LogP contribution in [0.15, 0.2) is 53.1 Å². The van der Waals surface area contributed by atoms with Gasteiger partial charge in [0.2, 0.25) is 0 Å². The van der Waals surface area contributed by atoms with Crippen LogP contribution in [0.2, 0.25) is 5.02 Å². The highest BCUT2D eigenvalue weighted by Crippen LogP contribution is 2.34. The molecule has 1 aliphatic rings. The Morgan fingerprint density at radius 2 is 1.94 bits per heavy atom. The lowest BCUT2D eigenvalue weighted by Gasteiger charge is -2.27. The highest BCUT2D eigenvalue weighted by Gasteiger charge is 2.25. The number of rotatable bonds is 7. The van der Waals surface area contributed by atoms with Gasteiger partial charge in [0.05, 0.1) is 23.4 Å². The van der Waals surface area contributed by atoms with Gasteiger partial charge in [-0.3, -0.25) is 14.6 Å². The van der Waals surface area contributed by atoms with E-state index in [0.29, 0.717) is 22.5 Å². The molecule has 3 heterocycles. The van der Waals surface area contributed by atoms with Gasteiger partial charge in [-0.2, -0.15) is 0 Å². The van der Waals surface area contributed by atoms with Crippen LogP contribution < -0.4 is 4.90 Å². The summed E-state index contributed by atoms with van der Waals surface area (Å²) in [5.74, 6) is 0.333. The number of aryl methyl sites for hydroxylation is 1. The maximum absolute atomic E-state index is 13.6. The maximum Gasteiger partial charge on any atom is 0.282 e. The average molecular weight is 533 g/mol. The van der Waals surface area contributed by atoms with Gasteiger partial charge in [-0.1, -0.05) is 58.4 Å². The minimum atomic E-state index is -0.226. The van der Waals surface area contributed by atoms with E-state index >= 15 is 0 Å². The molecule has 0 N–H and O–H groups in total. The molecule has 0 bridgehead atoms. The summed E-state index contributed by atoms with van der Waals surface area (Å²) in [5.41, 5.74) is 2.98. The summed E-state index contributed by atoms with van der Waals surface area (Å²) in [4.78, 5) is 22.5. The zero-order valence-corrected chi connectivity index (χ0v) is 21.7. The first kappa shape index (κ1) is 25.6. The van der Waals surface area contributed by atoms with Crippen molar-refractivity contribution in [2.75, 3.05) is 44.3 Å². The highest BCUT2D eigenvalue weighted by molar-refractivity contribution is 7.22. The molecule has 184 valence electrons. The summed E-state index contributed by atoms with van der Waals surface area (Å²) in [6.07, 6.45) is 0.810. The van der Waals surface area contributed by atoms with Crippen molar-refractivity contribution in [2.45, 2.75) is 13.3 Å². The lowest BCUT2D eigenvalue weighted by atomic mass is 10.1. The summed E-state index contributed by atoms with van der Waals surface area (Å²) in [7, 11) is 0. The predicted molar refractivity (Wildman–Crippen MR) is 142 cm³/mol. The van der Waals surface area contributed by atoms with Crippen LogP contribution in [0.5, 0.6) is 0 Å². The van der Waals surface area contributed by atoms with Crippen LogP contribution in [0, 0.1) is 6.92 Å². The van der Waals surface area contributed by atoms with E-state index in [1.165, 1.54) is 11.3 Å². The summed E-state index contributed by atoms with van der Waals surface area (Å²) < 4.78 is 11.9. The zero-order chi connectivity index (χ0) is 23.5. The number of thiazole rings is 1. The number of aromatic nitrogens is 2. The number of carbonyl (C=O) groups is 1. The molecule has 5 rings (SSSR count). The van der Waals surface area contributed by atoms with Crippen LogP contribution >= 0.6 is 35.3 Å². The molecule has 1 saturated heterocycles. The number of benzene rings is 2. The van der Waals surface area contributed by atoms with E-state index in [1.54, 1.807) is 11.0 Å². The molecular formula is C25H26Cl2N4O3S. The number of nitrogens with zero attached hydrogens (tertiary/aromatic N) is 4. The molecule has 1 amide bonds. The van der Waals surface area contributed by atoms with Crippen LogP contribution in [0.3, 0.4) is 0 Å². The highest BCUT2D eigenvalue weighted by atomic mass is 35.5. The van der Waals surface area contributed by atoms with Crippen LogP contribution in [0.25, 0.3) is 21.5 Å². The Morgan fingerprint density at radius 3 is 2.71 bits per heavy atom. The number of ether oxygens (including phenoxy) is 1. The Morgan fingerprint density at radius 1 is 1.17 bits per heavy atom. The van der Waals surface area contributed by atoms with Gasteiger partial charge in [-0.05, 0) is 31.0 Å². The molecule has 0 radical (unpaired) electrons. The van der Waals surface area contributed by atoms with Crippen molar-refractivity contribution in [3.63, 3.8) is 0 Å². The molecule has 0 aliphatic carbocycles. The number of morpholine rings is 1. The van der Waals surface area contributed by atoms with Crippen molar-refractivity contribution in [3.8, 4) is 11.3 Å². The van der Waals surface area contributed by atoms with Gasteiger partial charge in [0.25, 0.3) is 5.91 Å². The second-order valence-electron chi connectivity index (χ2n) is 8.27. The first-order chi connectivity index (χ1) is 16.6. The molecular weight excluding hydrogens is 507 g/mol. The molecule has 2 aromatic carbocycles. The largest absolute Gasteiger partial charge is 0.379 e. The summed E-state index contributed by atoms with van der Waals surface area (Å²) >= 11 is 7.73. The third-order valence-electron chi connectivity index (χ3n) is 5.86. The molecule has 7 nitrogen and oxygen atoms in total. The van der Waals surface area contributed by atoms with Crippen molar-refractivity contribution in [1.82, 2.24) is 15.0 Å². The van der Waals surface area contributed by atoms with Gasteiger partial charge in [0, 0.05) is 42.8 Å². The smallest absolute Gasteiger partial charge is 0.282 e. The molecule has 4 aromatic rings. The minimum absolute atomic E-state index is 0. The summed E-state index contributed by atoms with van der Waals surface area (Å²) in [5, 5.41) is 5.38. The molecule has 0 atom stereocenters. The van der Waals surface area contributed by atoms with Crippen molar-refractivity contribution >= 4 is 56.6 Å². The number of hydrogen-bond donors (Lipinski definition) is 0. The van der Waals surface area contributed by atoms with Crippen LogP contribution in [-0.2, 0) is 4.74 Å². The molecule has 10 heteroatoms. The molecule has 0 spiro atoms. The number of halogens is 2. The van der Waals surface area contributed by atoms with E-state index in [4.69, 9.17) is 25.8 Å². The normalized spacial score (nSPS) is 14.1. The second kappa shape index (κ2) is 11.5.